The van der Waals surface area contributed by atoms with Crippen LogP contribution in [0.4, 0.5) is 5.69 Å². The molecule has 0 atom stereocenters. The fourth-order valence-electron chi connectivity index (χ4n) is 3.79. The van der Waals surface area contributed by atoms with Crippen LogP contribution in [0.15, 0.2) is 64.2 Å². The first-order valence-corrected chi connectivity index (χ1v) is 10.6. The van der Waals surface area contributed by atoms with Crippen molar-refractivity contribution in [1.82, 2.24) is 10.2 Å². The number of nitrogens with zero attached hydrogens (tertiary/aromatic N) is 2. The Hall–Kier alpha value is -3.32. The van der Waals surface area contributed by atoms with Crippen molar-refractivity contribution in [2.24, 2.45) is 0 Å². The number of aryl methyl sites for hydroxylation is 2. The summed E-state index contributed by atoms with van der Waals surface area (Å²) in [6, 6.07) is 17.7. The molecule has 1 N–H and O–H groups in total. The molecule has 7 heteroatoms. The van der Waals surface area contributed by atoms with Crippen LogP contribution in [-0.2, 0) is 17.6 Å². The Morgan fingerprint density at radius 3 is 2.67 bits per heavy atom. The second-order valence-corrected chi connectivity index (χ2v) is 7.98. The number of thioether (sulfide) groups is 1. The molecular weight excluding hydrogens is 398 g/mol. The van der Waals surface area contributed by atoms with Crippen molar-refractivity contribution < 1.29 is 13.9 Å². The van der Waals surface area contributed by atoms with E-state index in [1.54, 1.807) is 7.11 Å². The van der Waals surface area contributed by atoms with E-state index in [0.29, 0.717) is 11.1 Å². The van der Waals surface area contributed by atoms with Gasteiger partial charge in [0.2, 0.25) is 11.8 Å². The zero-order valence-corrected chi connectivity index (χ0v) is 17.2. The molecule has 0 bridgehead atoms. The number of ether oxygens (including phenoxy) is 1. The van der Waals surface area contributed by atoms with Crippen molar-refractivity contribution in [2.45, 2.75) is 18.1 Å². The van der Waals surface area contributed by atoms with Crippen molar-refractivity contribution >= 4 is 34.1 Å². The summed E-state index contributed by atoms with van der Waals surface area (Å²) in [6.07, 6.45) is 2.13. The summed E-state index contributed by atoms with van der Waals surface area (Å²) in [5.74, 6) is 1.25. The molecule has 6 nitrogen and oxygen atoms in total. The van der Waals surface area contributed by atoms with Gasteiger partial charge in [-0.1, -0.05) is 36.0 Å². The Kier molecular flexibility index (Phi) is 4.88. The van der Waals surface area contributed by atoms with Gasteiger partial charge in [-0.2, -0.15) is 0 Å². The van der Waals surface area contributed by atoms with Crippen molar-refractivity contribution in [3.05, 3.63) is 65.7 Å². The maximum Gasteiger partial charge on any atom is 0.277 e. The average molecular weight is 417 g/mol. The Morgan fingerprint density at radius 2 is 1.87 bits per heavy atom. The highest BCUT2D eigenvalue weighted by Gasteiger charge is 2.17. The van der Waals surface area contributed by atoms with Crippen LogP contribution in [0, 0.1) is 0 Å². The van der Waals surface area contributed by atoms with E-state index in [0.717, 1.165) is 35.2 Å². The molecule has 0 fully saturated rings. The van der Waals surface area contributed by atoms with Crippen LogP contribution in [0.3, 0.4) is 0 Å². The zero-order valence-electron chi connectivity index (χ0n) is 16.3. The SMILES string of the molecule is COc1ccc(-c2nnc(SCC(=O)Nc3ccc4c5c(cccc35)CC4)o2)cc1. The van der Waals surface area contributed by atoms with Crippen molar-refractivity contribution in [2.75, 3.05) is 18.2 Å². The van der Waals surface area contributed by atoms with Gasteiger partial charge in [-0.3, -0.25) is 4.79 Å². The average Bonchev–Trinajstić information content (AvgIpc) is 3.43. The van der Waals surface area contributed by atoms with Gasteiger partial charge in [-0.15, -0.1) is 10.2 Å². The van der Waals surface area contributed by atoms with Crippen LogP contribution in [0.2, 0.25) is 0 Å². The third-order valence-corrected chi connectivity index (χ3v) is 6.04. The van der Waals surface area contributed by atoms with Gasteiger partial charge in [0.05, 0.1) is 12.9 Å². The number of hydrogen-bond donors (Lipinski definition) is 1. The fourth-order valence-corrected chi connectivity index (χ4v) is 4.35. The lowest BCUT2D eigenvalue weighted by molar-refractivity contribution is -0.113. The van der Waals surface area contributed by atoms with E-state index < -0.39 is 0 Å². The van der Waals surface area contributed by atoms with E-state index in [4.69, 9.17) is 9.15 Å². The van der Waals surface area contributed by atoms with Crippen molar-refractivity contribution in [3.8, 4) is 17.2 Å². The van der Waals surface area contributed by atoms with Crippen LogP contribution in [0.1, 0.15) is 11.1 Å². The molecule has 0 radical (unpaired) electrons. The predicted octanol–water partition coefficient (Wildman–Crippen LogP) is 4.73. The van der Waals surface area contributed by atoms with Crippen LogP contribution in [0.5, 0.6) is 5.75 Å². The smallest absolute Gasteiger partial charge is 0.277 e. The van der Waals surface area contributed by atoms with Crippen LogP contribution >= 0.6 is 11.8 Å². The summed E-state index contributed by atoms with van der Waals surface area (Å²) < 4.78 is 10.8. The van der Waals surface area contributed by atoms with Gasteiger partial charge in [0.15, 0.2) is 0 Å². The molecule has 4 aromatic rings. The standard InChI is InChI=1S/C23H19N3O3S/c1-28-17-10-7-16(8-11-17)22-25-26-23(29-22)30-13-20(27)24-19-12-9-15-6-5-14-3-2-4-18(19)21(14)15/h2-4,7-12H,5-6,13H2,1H3,(H,24,27). The zero-order chi connectivity index (χ0) is 20.5. The molecule has 0 saturated heterocycles. The third-order valence-electron chi connectivity index (χ3n) is 5.22. The summed E-state index contributed by atoms with van der Waals surface area (Å²) in [4.78, 5) is 12.5. The summed E-state index contributed by atoms with van der Waals surface area (Å²) >= 11 is 1.22. The van der Waals surface area contributed by atoms with Gasteiger partial charge in [-0.25, -0.2) is 0 Å². The number of methoxy groups -OCH3 is 1. The molecule has 0 aliphatic heterocycles. The first-order valence-electron chi connectivity index (χ1n) is 9.65. The van der Waals surface area contributed by atoms with Crippen LogP contribution < -0.4 is 10.1 Å². The lowest BCUT2D eigenvalue weighted by atomic mass is 10.0. The van der Waals surface area contributed by atoms with Gasteiger partial charge in [-0.05, 0) is 59.7 Å². The molecule has 30 heavy (non-hydrogen) atoms. The molecule has 0 spiro atoms. The number of hydrogen-bond acceptors (Lipinski definition) is 6. The monoisotopic (exact) mass is 417 g/mol. The van der Waals surface area contributed by atoms with E-state index in [2.05, 4.69) is 39.8 Å². The largest absolute Gasteiger partial charge is 0.497 e. The highest BCUT2D eigenvalue weighted by Crippen LogP contribution is 2.35. The number of rotatable bonds is 6. The van der Waals surface area contributed by atoms with E-state index in [1.165, 1.54) is 28.3 Å². The second-order valence-electron chi connectivity index (χ2n) is 7.05. The van der Waals surface area contributed by atoms with Crippen LogP contribution in [-0.4, -0.2) is 29.0 Å². The van der Waals surface area contributed by atoms with Crippen molar-refractivity contribution in [3.63, 3.8) is 0 Å². The van der Waals surface area contributed by atoms with Gasteiger partial charge in [0.25, 0.3) is 5.22 Å². The number of aromatic nitrogens is 2. The van der Waals surface area contributed by atoms with Gasteiger partial charge < -0.3 is 14.5 Å². The maximum atomic E-state index is 12.5. The minimum Gasteiger partial charge on any atom is -0.497 e. The van der Waals surface area contributed by atoms with E-state index in [-0.39, 0.29) is 11.7 Å². The summed E-state index contributed by atoms with van der Waals surface area (Å²) in [5.41, 5.74) is 4.34. The Bertz CT molecular complexity index is 1220. The fraction of sp³-hybridized carbons (Fsp3) is 0.174. The molecule has 5 rings (SSSR count). The van der Waals surface area contributed by atoms with E-state index >= 15 is 0 Å². The number of nitrogens with one attached hydrogen (secondary N) is 1. The van der Waals surface area contributed by atoms with Crippen LogP contribution in [0.25, 0.3) is 22.2 Å². The maximum absolute atomic E-state index is 12.5. The highest BCUT2D eigenvalue weighted by atomic mass is 32.2. The number of amides is 1. The molecule has 0 unspecified atom stereocenters. The van der Waals surface area contributed by atoms with E-state index in [9.17, 15) is 4.79 Å². The molecule has 1 amide bonds. The number of anilines is 1. The second kappa shape index (κ2) is 7.84. The third kappa shape index (κ3) is 3.52. The normalized spacial score (nSPS) is 12.3. The molecule has 1 aromatic heterocycles. The topological polar surface area (TPSA) is 77.2 Å². The van der Waals surface area contributed by atoms with Crippen molar-refractivity contribution in [1.29, 1.82) is 0 Å². The first kappa shape index (κ1) is 18.7. The summed E-state index contributed by atoms with van der Waals surface area (Å²) in [5, 5.41) is 13.9. The number of carbonyl (C=O) groups excluding carboxylic acids is 1. The molecule has 1 aliphatic carbocycles. The Labute approximate surface area is 177 Å². The highest BCUT2D eigenvalue weighted by molar-refractivity contribution is 7.99. The molecule has 1 aliphatic rings. The lowest BCUT2D eigenvalue weighted by Gasteiger charge is -2.10. The molecule has 150 valence electrons. The predicted molar refractivity (Wildman–Crippen MR) is 117 cm³/mol. The van der Waals surface area contributed by atoms with E-state index in [1.807, 2.05) is 30.3 Å². The lowest BCUT2D eigenvalue weighted by Crippen LogP contribution is -2.14. The van der Waals surface area contributed by atoms with Gasteiger partial charge in [0.1, 0.15) is 5.75 Å². The first-order chi connectivity index (χ1) is 14.7. The molecule has 1 heterocycles. The number of benzene rings is 3. The van der Waals surface area contributed by atoms with Gasteiger partial charge >= 0.3 is 0 Å². The quantitative estimate of drug-likeness (QED) is 0.457. The van der Waals surface area contributed by atoms with Gasteiger partial charge in [0, 0.05) is 16.6 Å². The molecule has 3 aromatic carbocycles. The molecular formula is C23H19N3O3S. The Balaban J connectivity index is 1.25. The summed E-state index contributed by atoms with van der Waals surface area (Å²) in [6.45, 7) is 0. The Morgan fingerprint density at radius 1 is 1.07 bits per heavy atom. The summed E-state index contributed by atoms with van der Waals surface area (Å²) in [7, 11) is 1.62. The minimum absolute atomic E-state index is 0.108. The molecule has 0 saturated carbocycles. The minimum atomic E-state index is -0.108. The number of carbonyl (C=O) groups is 1.